The first kappa shape index (κ1) is 29.3. The highest BCUT2D eigenvalue weighted by Gasteiger charge is 2.39. The normalized spacial score (nSPS) is 15.9. The van der Waals surface area contributed by atoms with Crippen LogP contribution >= 0.6 is 0 Å². The summed E-state index contributed by atoms with van der Waals surface area (Å²) in [6.07, 6.45) is 0.963. The molecule has 8 nitrogen and oxygen atoms in total. The lowest BCUT2D eigenvalue weighted by Gasteiger charge is -2.37. The zero-order chi connectivity index (χ0) is 26.2. The van der Waals surface area contributed by atoms with Gasteiger partial charge >= 0.3 is 5.97 Å². The molecule has 0 radical (unpaired) electrons. The second-order valence-corrected chi connectivity index (χ2v) is 9.58. The highest BCUT2D eigenvalue weighted by atomic mass is 16.5. The molecule has 0 aliphatic carbocycles. The summed E-state index contributed by atoms with van der Waals surface area (Å²) in [4.78, 5) is 39.8. The fraction of sp³-hybridized carbons (Fsp3) is 0.577. The molecule has 0 fully saturated rings. The molecule has 3 unspecified atom stereocenters. The van der Waals surface area contributed by atoms with Crippen molar-refractivity contribution in [3.63, 3.8) is 0 Å². The molecule has 0 bridgehead atoms. The van der Waals surface area contributed by atoms with Gasteiger partial charge in [0.05, 0.1) is 18.2 Å². The molecule has 0 saturated carbocycles. The first-order chi connectivity index (χ1) is 15.8. The number of carboxylic acid groups (broad SMARTS) is 1. The molecule has 0 spiro atoms. The van der Waals surface area contributed by atoms with Crippen molar-refractivity contribution in [2.45, 2.75) is 71.2 Å². The first-order valence-corrected chi connectivity index (χ1v) is 11.5. The van der Waals surface area contributed by atoms with E-state index in [0.717, 1.165) is 5.56 Å². The molecule has 0 saturated heterocycles. The van der Waals surface area contributed by atoms with Crippen LogP contribution in [0, 0.1) is 5.92 Å². The SMILES string of the molecule is CNC(C(=O)NC(C(=O)N(C)C(/C=C(\C)C(=O)O)C(C)C)[C@@H](C)OC)C(C)(C)c1ccccc1. The number of nitrogens with one attached hydrogen (secondary N) is 2. The van der Waals surface area contributed by atoms with Crippen molar-refractivity contribution in [2.75, 3.05) is 21.2 Å². The van der Waals surface area contributed by atoms with E-state index < -0.39 is 35.6 Å². The predicted molar refractivity (Wildman–Crippen MR) is 134 cm³/mol. The topological polar surface area (TPSA) is 108 Å². The van der Waals surface area contributed by atoms with Crippen molar-refractivity contribution in [3.05, 3.63) is 47.5 Å². The van der Waals surface area contributed by atoms with Gasteiger partial charge in [-0.2, -0.15) is 0 Å². The molecule has 1 aromatic rings. The lowest BCUT2D eigenvalue weighted by Crippen LogP contribution is -2.61. The molecule has 0 heterocycles. The Bertz CT molecular complexity index is 866. The zero-order valence-corrected chi connectivity index (χ0v) is 21.9. The van der Waals surface area contributed by atoms with Crippen molar-refractivity contribution in [3.8, 4) is 0 Å². The van der Waals surface area contributed by atoms with Crippen LogP contribution in [-0.4, -0.2) is 73.2 Å². The second-order valence-electron chi connectivity index (χ2n) is 9.58. The van der Waals surface area contributed by atoms with E-state index in [1.54, 1.807) is 27.1 Å². The second kappa shape index (κ2) is 12.7. The fourth-order valence-electron chi connectivity index (χ4n) is 4.05. The van der Waals surface area contributed by atoms with Crippen molar-refractivity contribution in [1.29, 1.82) is 0 Å². The van der Waals surface area contributed by atoms with Gasteiger partial charge in [0.25, 0.3) is 0 Å². The summed E-state index contributed by atoms with van der Waals surface area (Å²) < 4.78 is 5.44. The molecule has 190 valence electrons. The number of benzene rings is 1. The van der Waals surface area contributed by atoms with Crippen molar-refractivity contribution in [2.24, 2.45) is 5.92 Å². The number of hydrogen-bond donors (Lipinski definition) is 3. The number of amides is 2. The summed E-state index contributed by atoms with van der Waals surface area (Å²) >= 11 is 0. The summed E-state index contributed by atoms with van der Waals surface area (Å²) in [5, 5.41) is 15.3. The lowest BCUT2D eigenvalue weighted by molar-refractivity contribution is -0.141. The van der Waals surface area contributed by atoms with Gasteiger partial charge in [0.1, 0.15) is 6.04 Å². The van der Waals surface area contributed by atoms with Gasteiger partial charge in [-0.1, -0.05) is 64.1 Å². The van der Waals surface area contributed by atoms with Gasteiger partial charge in [-0.15, -0.1) is 0 Å². The Kier molecular flexibility index (Phi) is 10.9. The highest BCUT2D eigenvalue weighted by molar-refractivity contribution is 5.91. The van der Waals surface area contributed by atoms with E-state index in [1.807, 2.05) is 58.0 Å². The standard InChI is InChI=1S/C26H41N3O5/c1-16(2)20(15-17(3)25(32)33)29(8)24(31)21(18(4)34-9)28-23(30)22(27-7)26(5,6)19-13-11-10-12-14-19/h10-16,18,20-22,27H,1-9H3,(H,28,30)(H,32,33)/b17-15+/t18-,20?,21?,22?/m1/s1. The van der Waals surface area contributed by atoms with Crippen molar-refractivity contribution in [1.82, 2.24) is 15.5 Å². The Labute approximate surface area is 203 Å². The van der Waals surface area contributed by atoms with Gasteiger partial charge in [0, 0.05) is 25.1 Å². The van der Waals surface area contributed by atoms with Crippen LogP contribution in [0.15, 0.2) is 42.0 Å². The predicted octanol–water partition coefficient (Wildman–Crippen LogP) is 2.59. The maximum absolute atomic E-state index is 13.5. The van der Waals surface area contributed by atoms with E-state index in [9.17, 15) is 19.5 Å². The van der Waals surface area contributed by atoms with E-state index in [1.165, 1.54) is 18.9 Å². The van der Waals surface area contributed by atoms with Gasteiger partial charge in [-0.3, -0.25) is 9.59 Å². The molecule has 1 rings (SSSR count). The third-order valence-electron chi connectivity index (χ3n) is 6.43. The third kappa shape index (κ3) is 7.14. The van der Waals surface area contributed by atoms with Crippen LogP contribution in [0.3, 0.4) is 0 Å². The number of rotatable bonds is 12. The Morgan fingerprint density at radius 1 is 1.12 bits per heavy atom. The van der Waals surface area contributed by atoms with Crippen LogP contribution in [0.2, 0.25) is 0 Å². The molecule has 8 heteroatoms. The van der Waals surface area contributed by atoms with E-state index in [2.05, 4.69) is 10.6 Å². The van der Waals surface area contributed by atoms with Crippen LogP contribution in [0.4, 0.5) is 0 Å². The van der Waals surface area contributed by atoms with Gasteiger partial charge in [0.15, 0.2) is 0 Å². The molecular formula is C26H41N3O5. The minimum absolute atomic E-state index is 0.0421. The monoisotopic (exact) mass is 475 g/mol. The molecule has 0 aliphatic rings. The molecule has 4 atom stereocenters. The van der Waals surface area contributed by atoms with Crippen LogP contribution in [0.5, 0.6) is 0 Å². The van der Waals surface area contributed by atoms with Gasteiger partial charge in [0.2, 0.25) is 11.8 Å². The maximum atomic E-state index is 13.5. The highest BCUT2D eigenvalue weighted by Crippen LogP contribution is 2.27. The third-order valence-corrected chi connectivity index (χ3v) is 6.43. The number of nitrogens with zero attached hydrogens (tertiary/aromatic N) is 1. The first-order valence-electron chi connectivity index (χ1n) is 11.5. The number of ether oxygens (including phenoxy) is 1. The van der Waals surface area contributed by atoms with E-state index in [0.29, 0.717) is 0 Å². The van der Waals surface area contributed by atoms with Crippen LogP contribution < -0.4 is 10.6 Å². The zero-order valence-electron chi connectivity index (χ0n) is 21.9. The average molecular weight is 476 g/mol. The summed E-state index contributed by atoms with van der Waals surface area (Å²) in [5.74, 6) is -1.77. The molecule has 0 aliphatic heterocycles. The van der Waals surface area contributed by atoms with E-state index >= 15 is 0 Å². The van der Waals surface area contributed by atoms with Gasteiger partial charge in [-0.05, 0) is 32.4 Å². The Balaban J connectivity index is 3.25. The smallest absolute Gasteiger partial charge is 0.331 e. The number of hydrogen-bond acceptors (Lipinski definition) is 5. The van der Waals surface area contributed by atoms with Gasteiger partial charge in [-0.25, -0.2) is 4.79 Å². The van der Waals surface area contributed by atoms with Crippen LogP contribution in [0.25, 0.3) is 0 Å². The Morgan fingerprint density at radius 3 is 2.12 bits per heavy atom. The molecular weight excluding hydrogens is 434 g/mol. The molecule has 34 heavy (non-hydrogen) atoms. The van der Waals surface area contributed by atoms with Crippen LogP contribution in [-0.2, 0) is 24.5 Å². The number of carboxylic acids is 1. The van der Waals surface area contributed by atoms with Crippen LogP contribution in [0.1, 0.15) is 47.1 Å². The molecule has 0 aromatic heterocycles. The maximum Gasteiger partial charge on any atom is 0.331 e. The minimum atomic E-state index is -1.04. The number of aliphatic carboxylic acids is 1. The number of carbonyl (C=O) groups excluding carboxylic acids is 2. The fourth-order valence-corrected chi connectivity index (χ4v) is 4.05. The minimum Gasteiger partial charge on any atom is -0.478 e. The molecule has 3 N–H and O–H groups in total. The number of carbonyl (C=O) groups is 3. The lowest BCUT2D eigenvalue weighted by atomic mass is 9.77. The van der Waals surface area contributed by atoms with Crippen molar-refractivity contribution < 1.29 is 24.2 Å². The number of likely N-dealkylation sites (N-methyl/N-ethyl adjacent to an activating group) is 2. The van der Waals surface area contributed by atoms with Crippen molar-refractivity contribution >= 4 is 17.8 Å². The molecule has 2 amide bonds. The van der Waals surface area contributed by atoms with Gasteiger partial charge < -0.3 is 25.4 Å². The Morgan fingerprint density at radius 2 is 1.68 bits per heavy atom. The Hall–Kier alpha value is -2.71. The largest absolute Gasteiger partial charge is 0.478 e. The average Bonchev–Trinajstić information content (AvgIpc) is 2.79. The summed E-state index contributed by atoms with van der Waals surface area (Å²) in [6, 6.07) is 7.67. The number of methoxy groups -OCH3 is 1. The van der Waals surface area contributed by atoms with E-state index in [4.69, 9.17) is 4.74 Å². The summed E-state index contributed by atoms with van der Waals surface area (Å²) in [5.41, 5.74) is 0.578. The molecule has 1 aromatic carbocycles. The summed E-state index contributed by atoms with van der Waals surface area (Å²) in [6.45, 7) is 11.0. The summed E-state index contributed by atoms with van der Waals surface area (Å²) in [7, 11) is 4.81. The quantitative estimate of drug-likeness (QED) is 0.401. The van der Waals surface area contributed by atoms with E-state index in [-0.39, 0.29) is 23.3 Å².